The number of carbonyl (C=O) groups excluding carboxylic acids is 3. The van der Waals surface area contributed by atoms with Gasteiger partial charge >= 0.3 is 5.97 Å². The maximum absolute atomic E-state index is 14.2. The van der Waals surface area contributed by atoms with Crippen LogP contribution in [0.4, 0.5) is 5.69 Å². The van der Waals surface area contributed by atoms with Crippen LogP contribution in [0, 0.1) is 11.8 Å². The summed E-state index contributed by atoms with van der Waals surface area (Å²) >= 11 is 6.43. The lowest BCUT2D eigenvalue weighted by Gasteiger charge is -2.37. The molecule has 0 radical (unpaired) electrons. The number of aliphatic hydroxyl groups excluding tert-OH is 1. The van der Waals surface area contributed by atoms with E-state index in [1.807, 2.05) is 6.92 Å². The molecule has 3 aliphatic heterocycles. The van der Waals surface area contributed by atoms with Crippen LogP contribution < -0.4 is 4.90 Å². The van der Waals surface area contributed by atoms with E-state index in [0.717, 1.165) is 0 Å². The number of carbonyl (C=O) groups is 3. The van der Waals surface area contributed by atoms with E-state index in [4.69, 9.17) is 21.1 Å². The van der Waals surface area contributed by atoms with Crippen molar-refractivity contribution < 1.29 is 29.0 Å². The quantitative estimate of drug-likeness (QED) is 0.422. The smallest absolute Gasteiger partial charge is 0.312 e. The molecule has 5 atom stereocenters. The average molecular weight is 491 g/mol. The van der Waals surface area contributed by atoms with E-state index in [1.165, 1.54) is 9.80 Å². The van der Waals surface area contributed by atoms with Crippen LogP contribution >= 0.6 is 11.6 Å². The molecule has 0 aliphatic carbocycles. The fraction of sp³-hybridized carbons (Fsp3) is 0.560. The van der Waals surface area contributed by atoms with Crippen LogP contribution in [0.5, 0.6) is 0 Å². The predicted molar refractivity (Wildman–Crippen MR) is 126 cm³/mol. The number of amides is 2. The van der Waals surface area contributed by atoms with Crippen molar-refractivity contribution in [3.8, 4) is 0 Å². The number of anilines is 1. The first kappa shape index (κ1) is 24.7. The summed E-state index contributed by atoms with van der Waals surface area (Å²) in [6.45, 7) is 7.73. The van der Waals surface area contributed by atoms with Crippen molar-refractivity contribution in [2.75, 3.05) is 31.2 Å². The Morgan fingerprint density at radius 1 is 1.38 bits per heavy atom. The largest absolute Gasteiger partial charge is 0.466 e. The lowest BCUT2D eigenvalue weighted by molar-refractivity contribution is -0.159. The van der Waals surface area contributed by atoms with E-state index in [2.05, 4.69) is 6.58 Å². The van der Waals surface area contributed by atoms with Crippen LogP contribution in [0.3, 0.4) is 0 Å². The van der Waals surface area contributed by atoms with Crippen molar-refractivity contribution in [3.05, 3.63) is 41.9 Å². The molecule has 1 spiro atoms. The zero-order chi connectivity index (χ0) is 24.7. The van der Waals surface area contributed by atoms with Crippen LogP contribution in [0.2, 0.25) is 5.02 Å². The number of esters is 1. The number of para-hydroxylation sites is 1. The van der Waals surface area contributed by atoms with Crippen LogP contribution in [-0.2, 0) is 23.9 Å². The first-order valence-corrected chi connectivity index (χ1v) is 12.1. The highest BCUT2D eigenvalue weighted by Crippen LogP contribution is 2.63. The maximum Gasteiger partial charge on any atom is 0.312 e. The second-order valence-electron chi connectivity index (χ2n) is 9.28. The Balaban J connectivity index is 1.80. The van der Waals surface area contributed by atoms with Crippen LogP contribution in [0.25, 0.3) is 0 Å². The van der Waals surface area contributed by atoms with E-state index < -0.39 is 35.0 Å². The number of ether oxygens (including phenoxy) is 2. The topological polar surface area (TPSA) is 96.4 Å². The van der Waals surface area contributed by atoms with E-state index in [0.29, 0.717) is 30.0 Å². The molecule has 0 saturated carbocycles. The number of hydrogen-bond donors (Lipinski definition) is 1. The first-order chi connectivity index (χ1) is 16.3. The molecule has 9 heteroatoms. The Morgan fingerprint density at radius 3 is 2.76 bits per heavy atom. The summed E-state index contributed by atoms with van der Waals surface area (Å²) in [5.74, 6) is -2.76. The minimum absolute atomic E-state index is 0.136. The van der Waals surface area contributed by atoms with Crippen molar-refractivity contribution in [2.45, 2.75) is 50.4 Å². The van der Waals surface area contributed by atoms with Gasteiger partial charge in [0.15, 0.2) is 0 Å². The molecule has 4 rings (SSSR count). The highest BCUT2D eigenvalue weighted by Gasteiger charge is 2.78. The molecule has 2 unspecified atom stereocenters. The van der Waals surface area contributed by atoms with Crippen molar-refractivity contribution in [2.24, 2.45) is 11.8 Å². The lowest BCUT2D eigenvalue weighted by Crippen LogP contribution is -2.56. The summed E-state index contributed by atoms with van der Waals surface area (Å²) in [6, 6.07) is 6.03. The van der Waals surface area contributed by atoms with Crippen molar-refractivity contribution >= 4 is 35.1 Å². The van der Waals surface area contributed by atoms with Gasteiger partial charge in [-0.3, -0.25) is 14.4 Å². The second kappa shape index (κ2) is 9.32. The molecule has 2 amide bonds. The SMILES string of the molecule is C=CCN(C(=O)C1N(CCCO)C(=O)[C@@H]2[C@H](C(=O)OCC)[C@]3(C)CCC12O3)c1ccccc1Cl. The monoisotopic (exact) mass is 490 g/mol. The minimum atomic E-state index is -1.16. The summed E-state index contributed by atoms with van der Waals surface area (Å²) < 4.78 is 11.9. The molecule has 184 valence electrons. The number of likely N-dealkylation sites (tertiary alicyclic amines) is 1. The van der Waals surface area contributed by atoms with Gasteiger partial charge < -0.3 is 24.4 Å². The normalized spacial score (nSPS) is 31.5. The summed E-state index contributed by atoms with van der Waals surface area (Å²) in [6.07, 6.45) is 2.89. The Labute approximate surface area is 204 Å². The minimum Gasteiger partial charge on any atom is -0.466 e. The summed E-state index contributed by atoms with van der Waals surface area (Å²) in [4.78, 5) is 44.0. The standard InChI is InChI=1S/C25H31ClN2O6/c1-4-13-27(17-10-7-6-9-16(17)26)22(31)20-25-12-11-24(3,34-25)19(23(32)33-5-2)18(25)21(30)28(20)14-8-15-29/h4,6-7,9-10,18-20,29H,1,5,8,11-15H2,2-3H3/t18-,19+,20?,24-,25?/m0/s1. The molecule has 34 heavy (non-hydrogen) atoms. The van der Waals surface area contributed by atoms with Crippen molar-refractivity contribution in [1.29, 1.82) is 0 Å². The molecule has 3 saturated heterocycles. The van der Waals surface area contributed by atoms with Gasteiger partial charge in [0.2, 0.25) is 5.91 Å². The van der Waals surface area contributed by atoms with Crippen molar-refractivity contribution in [1.82, 2.24) is 4.90 Å². The Hall–Kier alpha value is -2.42. The zero-order valence-corrected chi connectivity index (χ0v) is 20.3. The van der Waals surface area contributed by atoms with Gasteiger partial charge in [0, 0.05) is 19.7 Å². The van der Waals surface area contributed by atoms with Crippen LogP contribution in [0.1, 0.15) is 33.1 Å². The Morgan fingerprint density at radius 2 is 2.12 bits per heavy atom. The Kier molecular flexibility index (Phi) is 6.77. The fourth-order valence-electron chi connectivity index (χ4n) is 6.03. The highest BCUT2D eigenvalue weighted by molar-refractivity contribution is 6.34. The summed E-state index contributed by atoms with van der Waals surface area (Å²) in [5.41, 5.74) is -1.54. The highest BCUT2D eigenvalue weighted by atomic mass is 35.5. The fourth-order valence-corrected chi connectivity index (χ4v) is 6.27. The van der Waals surface area contributed by atoms with Crippen LogP contribution in [-0.4, -0.2) is 71.3 Å². The van der Waals surface area contributed by atoms with Gasteiger partial charge in [-0.15, -0.1) is 6.58 Å². The van der Waals surface area contributed by atoms with Gasteiger partial charge in [-0.2, -0.15) is 0 Å². The van der Waals surface area contributed by atoms with Crippen molar-refractivity contribution in [3.63, 3.8) is 0 Å². The molecule has 3 aliphatic rings. The van der Waals surface area contributed by atoms with E-state index in [1.54, 1.807) is 37.3 Å². The molecule has 1 aromatic rings. The molecule has 0 aromatic heterocycles. The van der Waals surface area contributed by atoms with Gasteiger partial charge in [0.05, 0.1) is 28.8 Å². The maximum atomic E-state index is 14.2. The van der Waals surface area contributed by atoms with Gasteiger partial charge in [0.1, 0.15) is 17.6 Å². The number of fused-ring (bicyclic) bond motifs is 1. The summed E-state index contributed by atoms with van der Waals surface area (Å²) in [5, 5.41) is 9.85. The number of aliphatic hydroxyl groups is 1. The average Bonchev–Trinajstić information content (AvgIpc) is 3.37. The lowest BCUT2D eigenvalue weighted by atomic mass is 9.66. The Bertz CT molecular complexity index is 1000. The molecule has 3 fully saturated rings. The van der Waals surface area contributed by atoms with Gasteiger partial charge in [-0.1, -0.05) is 29.8 Å². The number of halogens is 1. The molecule has 8 nitrogen and oxygen atoms in total. The molecular formula is C25H31ClN2O6. The molecule has 3 heterocycles. The number of benzene rings is 1. The zero-order valence-electron chi connectivity index (χ0n) is 19.5. The van der Waals surface area contributed by atoms with Crippen LogP contribution in [0.15, 0.2) is 36.9 Å². The third-order valence-electron chi connectivity index (χ3n) is 7.33. The molecule has 1 N–H and O–H groups in total. The third kappa shape index (κ3) is 3.63. The third-order valence-corrected chi connectivity index (χ3v) is 7.65. The van der Waals surface area contributed by atoms with E-state index >= 15 is 0 Å². The molecular weight excluding hydrogens is 460 g/mol. The molecule has 1 aromatic carbocycles. The number of rotatable bonds is 9. The number of nitrogens with zero attached hydrogens (tertiary/aromatic N) is 2. The predicted octanol–water partition coefficient (Wildman–Crippen LogP) is 2.57. The van der Waals surface area contributed by atoms with Gasteiger partial charge in [-0.25, -0.2) is 0 Å². The van der Waals surface area contributed by atoms with E-state index in [9.17, 15) is 19.5 Å². The first-order valence-electron chi connectivity index (χ1n) is 11.7. The summed E-state index contributed by atoms with van der Waals surface area (Å²) in [7, 11) is 0. The van der Waals surface area contributed by atoms with Gasteiger partial charge in [0.25, 0.3) is 5.91 Å². The molecule has 2 bridgehead atoms. The van der Waals surface area contributed by atoms with Gasteiger partial charge in [-0.05, 0) is 45.2 Å². The second-order valence-corrected chi connectivity index (χ2v) is 9.68. The number of hydrogen-bond acceptors (Lipinski definition) is 6. The van der Waals surface area contributed by atoms with E-state index in [-0.39, 0.29) is 38.1 Å².